The first-order valence-electron chi connectivity index (χ1n) is 14.5. The molecule has 1 amide bonds. The zero-order chi connectivity index (χ0) is 32.2. The van der Waals surface area contributed by atoms with Crippen molar-refractivity contribution in [2.45, 2.75) is 65.8 Å². The minimum atomic E-state index is -0.659. The lowest BCUT2D eigenvalue weighted by atomic mass is 10.0. The smallest absolute Gasteiger partial charge is 0.435 e. The van der Waals surface area contributed by atoms with Crippen LogP contribution in [0.3, 0.4) is 0 Å². The number of rotatable bonds is 8. The number of hydrogen-bond acceptors (Lipinski definition) is 6. The Labute approximate surface area is 257 Å². The molecule has 1 aromatic heterocycles. The first kappa shape index (κ1) is 32.6. The van der Waals surface area contributed by atoms with E-state index in [4.69, 9.17) is 9.47 Å². The molecule has 1 heterocycles. The highest BCUT2D eigenvalue weighted by molar-refractivity contribution is 5.90. The molecule has 0 radical (unpaired) electrons. The van der Waals surface area contributed by atoms with Crippen LogP contribution in [0, 0.1) is 11.6 Å². The molecule has 10 heteroatoms. The fourth-order valence-electron chi connectivity index (χ4n) is 4.61. The second-order valence-electron chi connectivity index (χ2n) is 12.9. The maximum Gasteiger partial charge on any atom is 0.435 e. The van der Waals surface area contributed by atoms with E-state index in [1.54, 1.807) is 79.1 Å². The fourth-order valence-corrected chi connectivity index (χ4v) is 4.61. The van der Waals surface area contributed by atoms with E-state index in [0.29, 0.717) is 30.7 Å². The van der Waals surface area contributed by atoms with Gasteiger partial charge in [-0.1, -0.05) is 24.3 Å². The molecule has 234 valence electrons. The van der Waals surface area contributed by atoms with Crippen LogP contribution < -0.4 is 0 Å². The van der Waals surface area contributed by atoms with Gasteiger partial charge < -0.3 is 14.4 Å². The SMILES string of the molecule is CN(CCN(Cc1cccc(F)c1)Cc1cc(-c2ccc3c(cnn3C(=O)OC(C)(C)C)c2)ccc1F)C(=O)OC(C)(C)C. The number of benzene rings is 3. The van der Waals surface area contributed by atoms with Crippen LogP contribution in [0.25, 0.3) is 22.0 Å². The Hall–Kier alpha value is -4.31. The van der Waals surface area contributed by atoms with Crippen LogP contribution in [-0.4, -0.2) is 63.1 Å². The normalized spacial score (nSPS) is 12.0. The second-order valence-corrected chi connectivity index (χ2v) is 12.9. The molecule has 0 fully saturated rings. The molecule has 0 N–H and O–H groups in total. The van der Waals surface area contributed by atoms with Gasteiger partial charge in [0.2, 0.25) is 0 Å². The number of fused-ring (bicyclic) bond motifs is 1. The number of carbonyl (C=O) groups excluding carboxylic acids is 2. The van der Waals surface area contributed by atoms with Gasteiger partial charge in [-0.2, -0.15) is 9.78 Å². The third-order valence-corrected chi connectivity index (χ3v) is 6.66. The van der Waals surface area contributed by atoms with Gasteiger partial charge in [0.25, 0.3) is 0 Å². The van der Waals surface area contributed by atoms with E-state index in [1.807, 2.05) is 23.1 Å². The van der Waals surface area contributed by atoms with Crippen LogP contribution in [-0.2, 0) is 22.6 Å². The molecule has 0 saturated carbocycles. The summed E-state index contributed by atoms with van der Waals surface area (Å²) in [7, 11) is 1.65. The molecule has 0 aliphatic heterocycles. The van der Waals surface area contributed by atoms with Crippen molar-refractivity contribution >= 4 is 23.1 Å². The van der Waals surface area contributed by atoms with Crippen LogP contribution in [0.5, 0.6) is 0 Å². The Morgan fingerprint density at radius 3 is 2.20 bits per heavy atom. The van der Waals surface area contributed by atoms with Crippen molar-refractivity contribution in [2.24, 2.45) is 0 Å². The first-order chi connectivity index (χ1) is 20.6. The predicted molar refractivity (Wildman–Crippen MR) is 166 cm³/mol. The molecule has 4 rings (SSSR count). The number of halogens is 2. The Balaban J connectivity index is 1.57. The quantitative estimate of drug-likeness (QED) is 0.205. The van der Waals surface area contributed by atoms with E-state index in [1.165, 1.54) is 27.8 Å². The molecule has 0 saturated heterocycles. The molecule has 44 heavy (non-hydrogen) atoms. The number of aromatic nitrogens is 2. The number of carbonyl (C=O) groups is 2. The Bertz CT molecular complexity index is 1640. The van der Waals surface area contributed by atoms with Crippen molar-refractivity contribution in [3.63, 3.8) is 0 Å². The third-order valence-electron chi connectivity index (χ3n) is 6.66. The molecular formula is C34H40F2N4O4. The molecule has 0 bridgehead atoms. The lowest BCUT2D eigenvalue weighted by Crippen LogP contribution is -2.39. The highest BCUT2D eigenvalue weighted by Gasteiger charge is 2.22. The summed E-state index contributed by atoms with van der Waals surface area (Å²) in [5.74, 6) is -0.732. The summed E-state index contributed by atoms with van der Waals surface area (Å²) < 4.78 is 41.3. The lowest BCUT2D eigenvalue weighted by Gasteiger charge is -2.28. The van der Waals surface area contributed by atoms with Crippen LogP contribution in [0.1, 0.15) is 52.7 Å². The summed E-state index contributed by atoms with van der Waals surface area (Å²) in [5, 5.41) is 4.94. The summed E-state index contributed by atoms with van der Waals surface area (Å²) >= 11 is 0. The number of likely N-dealkylation sites (N-methyl/N-ethyl adjacent to an activating group) is 1. The average Bonchev–Trinajstić information content (AvgIpc) is 3.34. The second kappa shape index (κ2) is 13.1. The molecule has 0 atom stereocenters. The molecular weight excluding hydrogens is 566 g/mol. The molecule has 3 aromatic carbocycles. The fraction of sp³-hybridized carbons (Fsp3) is 0.382. The largest absolute Gasteiger partial charge is 0.444 e. The van der Waals surface area contributed by atoms with Crippen LogP contribution in [0.15, 0.2) is 66.9 Å². The van der Waals surface area contributed by atoms with Crippen molar-refractivity contribution in [3.05, 3.63) is 89.6 Å². The highest BCUT2D eigenvalue weighted by atomic mass is 19.1. The van der Waals surface area contributed by atoms with Gasteiger partial charge in [-0.05, 0) is 94.6 Å². The first-order valence-corrected chi connectivity index (χ1v) is 14.5. The molecule has 0 spiro atoms. The average molecular weight is 607 g/mol. The van der Waals surface area contributed by atoms with E-state index in [9.17, 15) is 14.0 Å². The van der Waals surface area contributed by atoms with Gasteiger partial charge in [-0.3, -0.25) is 4.90 Å². The van der Waals surface area contributed by atoms with Gasteiger partial charge in [-0.15, -0.1) is 0 Å². The summed E-state index contributed by atoms with van der Waals surface area (Å²) in [6, 6.07) is 16.7. The molecule has 0 unspecified atom stereocenters. The molecule has 8 nitrogen and oxygen atoms in total. The summed E-state index contributed by atoms with van der Waals surface area (Å²) in [4.78, 5) is 28.6. The van der Waals surface area contributed by atoms with Gasteiger partial charge in [0, 0.05) is 44.2 Å². The Kier molecular flexibility index (Phi) is 9.73. The maximum atomic E-state index is 15.2. The van der Waals surface area contributed by atoms with E-state index in [-0.39, 0.29) is 18.2 Å². The number of amides is 1. The monoisotopic (exact) mass is 606 g/mol. The Morgan fingerprint density at radius 1 is 0.841 bits per heavy atom. The molecule has 0 aliphatic rings. The minimum Gasteiger partial charge on any atom is -0.444 e. The van der Waals surface area contributed by atoms with Crippen LogP contribution in [0.2, 0.25) is 0 Å². The van der Waals surface area contributed by atoms with Gasteiger partial charge in [0.05, 0.1) is 11.7 Å². The number of ether oxygens (including phenoxy) is 2. The van der Waals surface area contributed by atoms with Crippen LogP contribution in [0.4, 0.5) is 18.4 Å². The number of nitrogens with zero attached hydrogens (tertiary/aromatic N) is 4. The van der Waals surface area contributed by atoms with Crippen molar-refractivity contribution in [1.82, 2.24) is 19.6 Å². The zero-order valence-corrected chi connectivity index (χ0v) is 26.4. The maximum absolute atomic E-state index is 15.2. The van der Waals surface area contributed by atoms with Crippen molar-refractivity contribution in [3.8, 4) is 11.1 Å². The van der Waals surface area contributed by atoms with Gasteiger partial charge in [-0.25, -0.2) is 18.4 Å². The highest BCUT2D eigenvalue weighted by Crippen LogP contribution is 2.27. The summed E-state index contributed by atoms with van der Waals surface area (Å²) in [5.41, 5.74) is 2.09. The Morgan fingerprint density at radius 2 is 1.52 bits per heavy atom. The van der Waals surface area contributed by atoms with Crippen molar-refractivity contribution in [2.75, 3.05) is 20.1 Å². The van der Waals surface area contributed by atoms with Gasteiger partial charge >= 0.3 is 12.2 Å². The number of hydrogen-bond donors (Lipinski definition) is 0. The van der Waals surface area contributed by atoms with Crippen LogP contribution >= 0.6 is 0 Å². The van der Waals surface area contributed by atoms with E-state index >= 15 is 4.39 Å². The van der Waals surface area contributed by atoms with Gasteiger partial charge in [0.1, 0.15) is 22.8 Å². The standard InChI is InChI=1S/C34H40F2N4O4/c1-33(2,3)43-31(41)38(7)15-16-39(21-23-9-8-10-28(35)17-23)22-27-19-24(11-13-29(27)36)25-12-14-30-26(18-25)20-37-40(30)32(42)44-34(4,5)6/h8-14,17-20H,15-16,21-22H2,1-7H3. The predicted octanol–water partition coefficient (Wildman–Crippen LogP) is 7.63. The van der Waals surface area contributed by atoms with E-state index in [0.717, 1.165) is 22.1 Å². The molecule has 0 aliphatic carbocycles. The zero-order valence-electron chi connectivity index (χ0n) is 26.4. The van der Waals surface area contributed by atoms with E-state index < -0.39 is 23.4 Å². The minimum absolute atomic E-state index is 0.219. The van der Waals surface area contributed by atoms with E-state index in [2.05, 4.69) is 5.10 Å². The summed E-state index contributed by atoms with van der Waals surface area (Å²) in [6.45, 7) is 12.1. The summed E-state index contributed by atoms with van der Waals surface area (Å²) in [6.07, 6.45) is 0.566. The third kappa shape index (κ3) is 8.86. The van der Waals surface area contributed by atoms with Crippen molar-refractivity contribution < 1.29 is 27.8 Å². The van der Waals surface area contributed by atoms with Gasteiger partial charge in [0.15, 0.2) is 0 Å². The molecule has 4 aromatic rings. The topological polar surface area (TPSA) is 76.9 Å². The van der Waals surface area contributed by atoms with Crippen molar-refractivity contribution in [1.29, 1.82) is 0 Å². The lowest BCUT2D eigenvalue weighted by molar-refractivity contribution is 0.0279.